The van der Waals surface area contributed by atoms with Crippen molar-refractivity contribution < 1.29 is 19.2 Å². The van der Waals surface area contributed by atoms with E-state index in [-0.39, 0.29) is 30.5 Å². The summed E-state index contributed by atoms with van der Waals surface area (Å²) in [4.78, 5) is 22.3. The molecule has 0 aliphatic rings. The number of hydrogen-bond donors (Lipinski definition) is 1. The highest BCUT2D eigenvalue weighted by Crippen LogP contribution is 2.30. The number of nitrogens with one attached hydrogen (secondary N) is 1. The number of rotatable bonds is 7. The van der Waals surface area contributed by atoms with Crippen molar-refractivity contribution in [2.24, 2.45) is 0 Å². The molecule has 1 aromatic carbocycles. The molecule has 11 nitrogen and oxygen atoms in total. The summed E-state index contributed by atoms with van der Waals surface area (Å²) in [6.07, 6.45) is 0. The molecule has 0 radical (unpaired) electrons. The topological polar surface area (TPSA) is 138 Å². The molecule has 3 rings (SSSR count). The molecule has 0 aliphatic heterocycles. The Morgan fingerprint density at radius 3 is 2.81 bits per heavy atom. The summed E-state index contributed by atoms with van der Waals surface area (Å²) in [5.41, 5.74) is 1.42. The van der Waals surface area contributed by atoms with Crippen molar-refractivity contribution in [3.05, 3.63) is 51.8 Å². The van der Waals surface area contributed by atoms with Gasteiger partial charge in [-0.3, -0.25) is 0 Å². The average molecular weight is 372 g/mol. The second kappa shape index (κ2) is 7.64. The van der Waals surface area contributed by atoms with Crippen LogP contribution < -0.4 is 4.74 Å². The van der Waals surface area contributed by atoms with Gasteiger partial charge in [-0.2, -0.15) is 10.3 Å². The van der Waals surface area contributed by atoms with E-state index in [2.05, 4.69) is 20.5 Å². The molecule has 0 saturated carbocycles. The summed E-state index contributed by atoms with van der Waals surface area (Å²) in [5, 5.41) is 25.0. The quantitative estimate of drug-likeness (QED) is 0.378. The standard InChI is InChI=1S/C16H16N6O5/c1-3-26-16(23)15-14(17-20-18-15)11-6-4-5-7-12(11)27-9-21-10(2)8-13(19-21)22(24)25/h4-8H,3,9H2,1-2H3,(H,17,18,20). The average Bonchev–Trinajstić information content (AvgIpc) is 3.27. The number of benzene rings is 1. The van der Waals surface area contributed by atoms with Crippen LogP contribution in [0, 0.1) is 17.0 Å². The third-order valence-corrected chi connectivity index (χ3v) is 3.66. The lowest BCUT2D eigenvalue weighted by molar-refractivity contribution is -0.389. The second-order valence-electron chi connectivity index (χ2n) is 5.41. The molecular formula is C16H16N6O5. The van der Waals surface area contributed by atoms with Gasteiger partial charge in [0.1, 0.15) is 11.4 Å². The maximum Gasteiger partial charge on any atom is 0.390 e. The Hall–Kier alpha value is -3.76. The Morgan fingerprint density at radius 1 is 1.33 bits per heavy atom. The number of carbonyl (C=O) groups excluding carboxylic acids is 1. The molecule has 0 atom stereocenters. The number of carbonyl (C=O) groups is 1. The minimum absolute atomic E-state index is 0.0406. The van der Waals surface area contributed by atoms with Crippen LogP contribution in [0.1, 0.15) is 23.1 Å². The fraction of sp³-hybridized carbons (Fsp3) is 0.250. The fourth-order valence-electron chi connectivity index (χ4n) is 2.39. The maximum absolute atomic E-state index is 12.0. The summed E-state index contributed by atoms with van der Waals surface area (Å²) in [6.45, 7) is 3.54. The second-order valence-corrected chi connectivity index (χ2v) is 5.41. The minimum atomic E-state index is -0.602. The molecule has 2 heterocycles. The van der Waals surface area contributed by atoms with Crippen LogP contribution in [0.15, 0.2) is 30.3 Å². The Kier molecular flexibility index (Phi) is 5.11. The maximum atomic E-state index is 12.0. The minimum Gasteiger partial charge on any atom is -0.469 e. The van der Waals surface area contributed by atoms with E-state index < -0.39 is 10.9 Å². The van der Waals surface area contributed by atoms with E-state index in [9.17, 15) is 14.9 Å². The Labute approximate surface area is 153 Å². The third kappa shape index (κ3) is 3.76. The number of aromatic nitrogens is 5. The molecule has 0 unspecified atom stereocenters. The number of aromatic amines is 1. The van der Waals surface area contributed by atoms with Crippen LogP contribution in [0.3, 0.4) is 0 Å². The largest absolute Gasteiger partial charge is 0.469 e. The molecule has 2 aromatic heterocycles. The smallest absolute Gasteiger partial charge is 0.390 e. The number of ether oxygens (including phenoxy) is 2. The first kappa shape index (κ1) is 18.0. The molecule has 0 spiro atoms. The van der Waals surface area contributed by atoms with Gasteiger partial charge in [-0.05, 0) is 30.9 Å². The Bertz CT molecular complexity index is 979. The molecule has 3 aromatic rings. The van der Waals surface area contributed by atoms with E-state index in [4.69, 9.17) is 9.47 Å². The van der Waals surface area contributed by atoms with Gasteiger partial charge in [0.2, 0.25) is 6.73 Å². The van der Waals surface area contributed by atoms with Crippen LogP contribution >= 0.6 is 0 Å². The molecule has 140 valence electrons. The predicted octanol–water partition coefficient (Wildman–Crippen LogP) is 2.10. The van der Waals surface area contributed by atoms with Crippen molar-refractivity contribution in [2.45, 2.75) is 20.6 Å². The fourth-order valence-corrected chi connectivity index (χ4v) is 2.39. The van der Waals surface area contributed by atoms with Crippen LogP contribution in [0.2, 0.25) is 0 Å². The van der Waals surface area contributed by atoms with Crippen molar-refractivity contribution in [3.63, 3.8) is 0 Å². The molecule has 0 fully saturated rings. The van der Waals surface area contributed by atoms with Gasteiger partial charge in [-0.1, -0.05) is 12.1 Å². The van der Waals surface area contributed by atoms with Crippen molar-refractivity contribution in [1.82, 2.24) is 25.2 Å². The Balaban J connectivity index is 1.87. The zero-order valence-electron chi connectivity index (χ0n) is 14.6. The van der Waals surface area contributed by atoms with Crippen molar-refractivity contribution in [2.75, 3.05) is 6.61 Å². The van der Waals surface area contributed by atoms with Crippen LogP contribution in [0.4, 0.5) is 5.82 Å². The molecule has 27 heavy (non-hydrogen) atoms. The number of nitrogens with zero attached hydrogens (tertiary/aromatic N) is 5. The van der Waals surface area contributed by atoms with E-state index in [1.54, 1.807) is 38.1 Å². The first-order valence-electron chi connectivity index (χ1n) is 8.00. The van der Waals surface area contributed by atoms with Crippen LogP contribution in [0.5, 0.6) is 5.75 Å². The molecule has 11 heteroatoms. The van der Waals surface area contributed by atoms with Crippen molar-refractivity contribution in [1.29, 1.82) is 0 Å². The van der Waals surface area contributed by atoms with Gasteiger partial charge in [-0.25, -0.2) is 4.79 Å². The van der Waals surface area contributed by atoms with Crippen LogP contribution in [-0.4, -0.2) is 42.7 Å². The molecule has 0 bridgehead atoms. The molecular weight excluding hydrogens is 356 g/mol. The van der Waals surface area contributed by atoms with E-state index in [0.717, 1.165) is 0 Å². The van der Waals surface area contributed by atoms with Gasteiger partial charge >= 0.3 is 11.8 Å². The predicted molar refractivity (Wildman–Crippen MR) is 92.0 cm³/mol. The van der Waals surface area contributed by atoms with E-state index in [0.29, 0.717) is 17.0 Å². The number of H-pyrrole nitrogens is 1. The lowest BCUT2D eigenvalue weighted by atomic mass is 10.1. The summed E-state index contributed by atoms with van der Waals surface area (Å²) in [6, 6.07) is 8.27. The monoisotopic (exact) mass is 372 g/mol. The number of esters is 1. The van der Waals surface area contributed by atoms with E-state index >= 15 is 0 Å². The number of hydrogen-bond acceptors (Lipinski definition) is 8. The Morgan fingerprint density at radius 2 is 2.11 bits per heavy atom. The number of aryl methyl sites for hydroxylation is 1. The van der Waals surface area contributed by atoms with Gasteiger partial charge in [-0.15, -0.1) is 9.78 Å². The van der Waals surface area contributed by atoms with E-state index in [1.165, 1.54) is 10.7 Å². The first-order chi connectivity index (χ1) is 13.0. The van der Waals surface area contributed by atoms with Crippen LogP contribution in [-0.2, 0) is 11.5 Å². The number of nitro groups is 1. The van der Waals surface area contributed by atoms with Gasteiger partial charge in [0.15, 0.2) is 5.69 Å². The summed E-state index contributed by atoms with van der Waals surface area (Å²) in [7, 11) is 0. The van der Waals surface area contributed by atoms with Gasteiger partial charge in [0.05, 0.1) is 23.5 Å². The summed E-state index contributed by atoms with van der Waals surface area (Å²) >= 11 is 0. The lowest BCUT2D eigenvalue weighted by Crippen LogP contribution is -2.10. The highest BCUT2D eigenvalue weighted by Gasteiger charge is 2.22. The summed E-state index contributed by atoms with van der Waals surface area (Å²) < 4.78 is 12.1. The third-order valence-electron chi connectivity index (χ3n) is 3.66. The first-order valence-corrected chi connectivity index (χ1v) is 8.00. The SMILES string of the molecule is CCOC(=O)c1n[nH]nc1-c1ccccc1OCn1nc([N+](=O)[O-])cc1C. The zero-order chi connectivity index (χ0) is 19.4. The normalized spacial score (nSPS) is 10.6. The molecule has 0 aliphatic carbocycles. The van der Waals surface area contributed by atoms with Gasteiger partial charge in [0, 0.05) is 5.56 Å². The molecule has 0 amide bonds. The molecule has 0 saturated heterocycles. The summed E-state index contributed by atoms with van der Waals surface area (Å²) in [5.74, 6) is -0.449. The highest BCUT2D eigenvalue weighted by molar-refractivity contribution is 5.94. The lowest BCUT2D eigenvalue weighted by Gasteiger charge is -2.10. The molecule has 1 N–H and O–H groups in total. The highest BCUT2D eigenvalue weighted by atomic mass is 16.6. The van der Waals surface area contributed by atoms with Gasteiger partial charge < -0.3 is 19.6 Å². The van der Waals surface area contributed by atoms with Crippen molar-refractivity contribution in [3.8, 4) is 17.0 Å². The zero-order valence-corrected chi connectivity index (χ0v) is 14.6. The van der Waals surface area contributed by atoms with E-state index in [1.807, 2.05) is 0 Å². The van der Waals surface area contributed by atoms with Crippen LogP contribution in [0.25, 0.3) is 11.3 Å². The van der Waals surface area contributed by atoms with Crippen molar-refractivity contribution >= 4 is 11.8 Å². The van der Waals surface area contributed by atoms with Gasteiger partial charge in [0.25, 0.3) is 0 Å². The number of para-hydroxylation sites is 1.